The van der Waals surface area contributed by atoms with Crippen LogP contribution in [-0.2, 0) is 5.41 Å². The van der Waals surface area contributed by atoms with Gasteiger partial charge in [0.05, 0.1) is 5.41 Å². The van der Waals surface area contributed by atoms with E-state index in [0.717, 1.165) is 50.1 Å². The fourth-order valence-electron chi connectivity index (χ4n) is 10.0. The SMILES string of the molecule is c1ccc(-c2ccc(N(c3ccc4c(c3)C(c3ccccc3)(c3ccccc3)c3ccccc3-4)c3ccc4oc5c(-c6ccccc6)cc6ccccc6c5c4c3)cc2)cc1. The summed E-state index contributed by atoms with van der Waals surface area (Å²) in [5.41, 5.74) is 16.6. The number of nitrogens with zero attached hydrogens (tertiary/aromatic N) is 1. The topological polar surface area (TPSA) is 16.4 Å². The highest BCUT2D eigenvalue weighted by molar-refractivity contribution is 6.23. The van der Waals surface area contributed by atoms with Crippen molar-refractivity contribution in [3.05, 3.63) is 259 Å². The summed E-state index contributed by atoms with van der Waals surface area (Å²) in [6, 6.07) is 85.9. The van der Waals surface area contributed by atoms with Gasteiger partial charge in [-0.2, -0.15) is 0 Å². The lowest BCUT2D eigenvalue weighted by atomic mass is 9.67. The van der Waals surface area contributed by atoms with E-state index in [1.165, 1.54) is 55.3 Å². The van der Waals surface area contributed by atoms with E-state index in [-0.39, 0.29) is 0 Å². The molecule has 1 heterocycles. The van der Waals surface area contributed by atoms with E-state index in [1.54, 1.807) is 0 Å². The van der Waals surface area contributed by atoms with Gasteiger partial charge in [-0.25, -0.2) is 0 Å². The van der Waals surface area contributed by atoms with Crippen LogP contribution in [0.25, 0.3) is 66.1 Å². The van der Waals surface area contributed by atoms with Crippen molar-refractivity contribution in [1.82, 2.24) is 0 Å². The van der Waals surface area contributed by atoms with E-state index < -0.39 is 5.41 Å². The largest absolute Gasteiger partial charge is 0.455 e. The molecule has 0 aliphatic heterocycles. The minimum atomic E-state index is -0.523. The van der Waals surface area contributed by atoms with Crippen LogP contribution in [0.3, 0.4) is 0 Å². The predicted molar refractivity (Wildman–Crippen MR) is 254 cm³/mol. The standard InChI is InChI=1S/C59H39NO/c1-5-17-40(18-6-1)41-29-31-46(32-30-41)60(47-34-36-56-53(38-47)57-49-26-14-13-21-43(49)37-52(58(57)61-56)42-19-7-2-8-20-42)48-33-35-51-50-27-15-16-28-54(50)59(55(51)39-48,44-22-9-3-10-23-44)45-24-11-4-12-25-45/h1-39H. The molecule has 1 aromatic heterocycles. The summed E-state index contributed by atoms with van der Waals surface area (Å²) in [5, 5.41) is 4.58. The van der Waals surface area contributed by atoms with Gasteiger partial charge in [-0.3, -0.25) is 0 Å². The molecule has 61 heavy (non-hydrogen) atoms. The Morgan fingerprint density at radius 2 is 0.885 bits per heavy atom. The highest BCUT2D eigenvalue weighted by Crippen LogP contribution is 2.57. The van der Waals surface area contributed by atoms with E-state index in [2.05, 4.69) is 241 Å². The summed E-state index contributed by atoms with van der Waals surface area (Å²) in [6.45, 7) is 0. The number of benzene rings is 10. The van der Waals surface area contributed by atoms with Crippen LogP contribution in [0.15, 0.2) is 241 Å². The van der Waals surface area contributed by atoms with E-state index in [1.807, 2.05) is 0 Å². The molecule has 2 nitrogen and oxygen atoms in total. The number of hydrogen-bond donors (Lipinski definition) is 0. The molecule has 0 fully saturated rings. The molecule has 0 unspecified atom stereocenters. The lowest BCUT2D eigenvalue weighted by molar-refractivity contribution is 0.670. The van der Waals surface area contributed by atoms with Crippen LogP contribution in [-0.4, -0.2) is 0 Å². The minimum absolute atomic E-state index is 0.523. The molecule has 2 heteroatoms. The molecule has 0 saturated carbocycles. The Morgan fingerprint density at radius 1 is 0.344 bits per heavy atom. The van der Waals surface area contributed by atoms with Gasteiger partial charge >= 0.3 is 0 Å². The van der Waals surface area contributed by atoms with Gasteiger partial charge < -0.3 is 9.32 Å². The number of furan rings is 1. The van der Waals surface area contributed by atoms with Crippen LogP contribution in [0, 0.1) is 0 Å². The highest BCUT2D eigenvalue weighted by Gasteiger charge is 2.46. The lowest BCUT2D eigenvalue weighted by Gasteiger charge is -2.35. The Hall–Kier alpha value is -7.94. The van der Waals surface area contributed by atoms with Gasteiger partial charge in [-0.15, -0.1) is 0 Å². The zero-order valence-corrected chi connectivity index (χ0v) is 33.4. The molecule has 11 aromatic rings. The van der Waals surface area contributed by atoms with Crippen LogP contribution >= 0.6 is 0 Å². The number of hydrogen-bond acceptors (Lipinski definition) is 2. The molecule has 0 bridgehead atoms. The van der Waals surface area contributed by atoms with Crippen LogP contribution < -0.4 is 4.90 Å². The van der Waals surface area contributed by atoms with Crippen LogP contribution in [0.5, 0.6) is 0 Å². The summed E-state index contributed by atoms with van der Waals surface area (Å²) in [6.07, 6.45) is 0. The van der Waals surface area contributed by atoms with Crippen LogP contribution in [0.4, 0.5) is 17.1 Å². The minimum Gasteiger partial charge on any atom is -0.455 e. The maximum absolute atomic E-state index is 6.86. The molecule has 286 valence electrons. The van der Waals surface area contributed by atoms with Crippen molar-refractivity contribution < 1.29 is 4.42 Å². The molecule has 10 aromatic carbocycles. The zero-order chi connectivity index (χ0) is 40.3. The van der Waals surface area contributed by atoms with Crippen molar-refractivity contribution in [2.45, 2.75) is 5.41 Å². The van der Waals surface area contributed by atoms with Crippen LogP contribution in [0.2, 0.25) is 0 Å². The Kier molecular flexibility index (Phi) is 8.11. The molecule has 0 atom stereocenters. The van der Waals surface area contributed by atoms with Crippen molar-refractivity contribution in [2.24, 2.45) is 0 Å². The van der Waals surface area contributed by atoms with Gasteiger partial charge in [0.1, 0.15) is 11.2 Å². The molecular formula is C59H39NO. The second-order valence-corrected chi connectivity index (χ2v) is 16.0. The van der Waals surface area contributed by atoms with Crippen molar-refractivity contribution in [2.75, 3.05) is 4.90 Å². The second kappa shape index (κ2) is 14.1. The summed E-state index contributed by atoms with van der Waals surface area (Å²) >= 11 is 0. The highest BCUT2D eigenvalue weighted by atomic mass is 16.3. The van der Waals surface area contributed by atoms with Gasteiger partial charge in [0.2, 0.25) is 0 Å². The van der Waals surface area contributed by atoms with Gasteiger partial charge in [-0.05, 0) is 109 Å². The number of fused-ring (bicyclic) bond motifs is 8. The first-order chi connectivity index (χ1) is 30.3. The third kappa shape index (κ3) is 5.50. The van der Waals surface area contributed by atoms with E-state index in [4.69, 9.17) is 4.42 Å². The Balaban J connectivity index is 1.12. The average Bonchev–Trinajstić information content (AvgIpc) is 3.87. The third-order valence-electron chi connectivity index (χ3n) is 12.7. The fraction of sp³-hybridized carbons (Fsp3) is 0.0169. The first-order valence-corrected chi connectivity index (χ1v) is 21.0. The van der Waals surface area contributed by atoms with Crippen LogP contribution in [0.1, 0.15) is 22.3 Å². The maximum Gasteiger partial charge on any atom is 0.143 e. The lowest BCUT2D eigenvalue weighted by Crippen LogP contribution is -2.28. The molecule has 0 N–H and O–H groups in total. The summed E-state index contributed by atoms with van der Waals surface area (Å²) in [7, 11) is 0. The fourth-order valence-corrected chi connectivity index (χ4v) is 10.0. The monoisotopic (exact) mass is 777 g/mol. The summed E-state index contributed by atoms with van der Waals surface area (Å²) in [4.78, 5) is 2.42. The van der Waals surface area contributed by atoms with Gasteiger partial charge in [0.25, 0.3) is 0 Å². The molecule has 0 amide bonds. The van der Waals surface area contributed by atoms with Gasteiger partial charge in [0, 0.05) is 33.4 Å². The summed E-state index contributed by atoms with van der Waals surface area (Å²) < 4.78 is 6.86. The third-order valence-corrected chi connectivity index (χ3v) is 12.7. The van der Waals surface area contributed by atoms with E-state index in [0.29, 0.717) is 0 Å². The Labute approximate surface area is 355 Å². The summed E-state index contributed by atoms with van der Waals surface area (Å²) in [5.74, 6) is 0. The molecule has 0 radical (unpaired) electrons. The molecular weight excluding hydrogens is 739 g/mol. The zero-order valence-electron chi connectivity index (χ0n) is 33.4. The molecule has 0 saturated heterocycles. The second-order valence-electron chi connectivity index (χ2n) is 16.0. The Bertz CT molecular complexity index is 3350. The quantitative estimate of drug-likeness (QED) is 0.160. The Morgan fingerprint density at radius 3 is 1.61 bits per heavy atom. The smallest absolute Gasteiger partial charge is 0.143 e. The molecule has 1 aliphatic rings. The maximum atomic E-state index is 6.86. The molecule has 12 rings (SSSR count). The van der Waals surface area contributed by atoms with Gasteiger partial charge in [0.15, 0.2) is 0 Å². The van der Waals surface area contributed by atoms with Crippen molar-refractivity contribution in [1.29, 1.82) is 0 Å². The van der Waals surface area contributed by atoms with Crippen molar-refractivity contribution in [3.63, 3.8) is 0 Å². The van der Waals surface area contributed by atoms with Crippen molar-refractivity contribution >= 4 is 49.8 Å². The normalized spacial score (nSPS) is 12.7. The van der Waals surface area contributed by atoms with E-state index in [9.17, 15) is 0 Å². The first-order valence-electron chi connectivity index (χ1n) is 21.0. The molecule has 1 aliphatic carbocycles. The predicted octanol–water partition coefficient (Wildman–Crippen LogP) is 15.9. The van der Waals surface area contributed by atoms with E-state index >= 15 is 0 Å². The average molecular weight is 778 g/mol. The number of rotatable bonds is 7. The number of anilines is 3. The molecule has 0 spiro atoms. The first kappa shape index (κ1) is 35.0. The van der Waals surface area contributed by atoms with Crippen molar-refractivity contribution in [3.8, 4) is 33.4 Å². The van der Waals surface area contributed by atoms with Gasteiger partial charge in [-0.1, -0.05) is 188 Å².